The van der Waals surface area contributed by atoms with Crippen molar-refractivity contribution < 1.29 is 17.9 Å². The minimum absolute atomic E-state index is 0.0458. The topological polar surface area (TPSA) is 119 Å². The maximum absolute atomic E-state index is 13.2. The van der Waals surface area contributed by atoms with Crippen molar-refractivity contribution in [1.82, 2.24) is 13.9 Å². The first-order valence-electron chi connectivity index (χ1n) is 9.37. The van der Waals surface area contributed by atoms with Crippen molar-refractivity contribution in [3.63, 3.8) is 0 Å². The van der Waals surface area contributed by atoms with Crippen LogP contribution >= 0.6 is 0 Å². The second kappa shape index (κ2) is 8.97. The van der Waals surface area contributed by atoms with Crippen LogP contribution in [0.15, 0.2) is 44.9 Å². The quantitative estimate of drug-likeness (QED) is 0.654. The summed E-state index contributed by atoms with van der Waals surface area (Å²) in [5.41, 5.74) is -0.841. The van der Waals surface area contributed by atoms with Crippen LogP contribution in [-0.2, 0) is 26.2 Å². The molecule has 164 valence electrons. The van der Waals surface area contributed by atoms with Crippen molar-refractivity contribution in [1.29, 1.82) is 0 Å². The monoisotopic (exact) mass is 437 g/mol. The number of ether oxygens (including phenoxy) is 1. The van der Waals surface area contributed by atoms with Gasteiger partial charge in [-0.25, -0.2) is 13.2 Å². The number of carbonyl (C=O) groups is 1. The smallest absolute Gasteiger partial charge is 0.329 e. The van der Waals surface area contributed by atoms with Gasteiger partial charge in [0.2, 0.25) is 10.0 Å². The summed E-state index contributed by atoms with van der Waals surface area (Å²) >= 11 is 0. The van der Waals surface area contributed by atoms with Gasteiger partial charge in [0, 0.05) is 11.8 Å². The number of esters is 1. The van der Waals surface area contributed by atoms with Crippen LogP contribution in [-0.4, -0.2) is 41.4 Å². The zero-order valence-electron chi connectivity index (χ0n) is 17.8. The Kier molecular flexibility index (Phi) is 7.04. The molecule has 0 amide bonds. The summed E-state index contributed by atoms with van der Waals surface area (Å²) in [6.45, 7) is 7.73. The number of benzene rings is 1. The molecule has 30 heavy (non-hydrogen) atoms. The first-order valence-corrected chi connectivity index (χ1v) is 10.8. The highest BCUT2D eigenvalue weighted by atomic mass is 32.2. The van der Waals surface area contributed by atoms with Gasteiger partial charge in [-0.3, -0.25) is 19.1 Å². The average molecular weight is 438 g/mol. The van der Waals surface area contributed by atoms with E-state index in [2.05, 4.69) is 4.98 Å². The van der Waals surface area contributed by atoms with Crippen LogP contribution in [0.4, 0.5) is 0 Å². The van der Waals surface area contributed by atoms with Crippen molar-refractivity contribution in [3.8, 4) is 0 Å². The van der Waals surface area contributed by atoms with E-state index in [4.69, 9.17) is 4.74 Å². The molecule has 10 heteroatoms. The summed E-state index contributed by atoms with van der Waals surface area (Å²) in [5.74, 6) is -0.466. The molecule has 9 nitrogen and oxygen atoms in total. The van der Waals surface area contributed by atoms with E-state index >= 15 is 0 Å². The SMILES string of the molecule is Cc1ccc(S(=O)(=O)N(CCOC(=O)C(C)(C)C)Cn2cc(C)c(=O)[nH]c2=O)cc1. The lowest BCUT2D eigenvalue weighted by molar-refractivity contribution is -0.153. The largest absolute Gasteiger partial charge is 0.464 e. The lowest BCUT2D eigenvalue weighted by Crippen LogP contribution is -2.41. The fourth-order valence-electron chi connectivity index (χ4n) is 2.48. The molecule has 0 saturated heterocycles. The van der Waals surface area contributed by atoms with Gasteiger partial charge in [0.1, 0.15) is 6.61 Å². The number of sulfonamides is 1. The Balaban J connectivity index is 2.36. The molecule has 1 aromatic heterocycles. The molecule has 0 radical (unpaired) electrons. The molecule has 0 aliphatic carbocycles. The predicted octanol–water partition coefficient (Wildman–Crippen LogP) is 1.39. The van der Waals surface area contributed by atoms with Crippen molar-refractivity contribution in [3.05, 3.63) is 62.4 Å². The molecular formula is C20H27N3O6S. The summed E-state index contributed by atoms with van der Waals surface area (Å²) in [6.07, 6.45) is 1.29. The molecule has 0 bridgehead atoms. The van der Waals surface area contributed by atoms with E-state index in [0.717, 1.165) is 14.4 Å². The number of aromatic amines is 1. The van der Waals surface area contributed by atoms with Crippen LogP contribution < -0.4 is 11.2 Å². The van der Waals surface area contributed by atoms with Crippen LogP contribution in [0, 0.1) is 19.3 Å². The first kappa shape index (κ1) is 23.6. The maximum Gasteiger partial charge on any atom is 0.329 e. The van der Waals surface area contributed by atoms with Gasteiger partial charge in [0.15, 0.2) is 0 Å². The number of aryl methyl sites for hydroxylation is 2. The third kappa shape index (κ3) is 5.67. The Morgan fingerprint density at radius 1 is 1.13 bits per heavy atom. The molecule has 0 unspecified atom stereocenters. The van der Waals surface area contributed by atoms with Crippen molar-refractivity contribution in [2.24, 2.45) is 5.41 Å². The van der Waals surface area contributed by atoms with E-state index in [-0.39, 0.29) is 30.3 Å². The van der Waals surface area contributed by atoms with E-state index < -0.39 is 32.7 Å². The summed E-state index contributed by atoms with van der Waals surface area (Å²) < 4.78 is 33.7. The highest BCUT2D eigenvalue weighted by Crippen LogP contribution is 2.18. The Hall–Kier alpha value is -2.72. The summed E-state index contributed by atoms with van der Waals surface area (Å²) in [7, 11) is -4.00. The molecule has 1 aromatic carbocycles. The second-order valence-corrected chi connectivity index (χ2v) is 10.00. The lowest BCUT2D eigenvalue weighted by atomic mass is 9.97. The summed E-state index contributed by atoms with van der Waals surface area (Å²) in [5, 5.41) is 0. The highest BCUT2D eigenvalue weighted by Gasteiger charge is 2.27. The van der Waals surface area contributed by atoms with E-state index in [9.17, 15) is 22.8 Å². The molecule has 1 N–H and O–H groups in total. The molecule has 0 spiro atoms. The Morgan fingerprint density at radius 2 is 1.73 bits per heavy atom. The number of hydrogen-bond acceptors (Lipinski definition) is 6. The maximum atomic E-state index is 13.2. The molecule has 0 atom stereocenters. The van der Waals surface area contributed by atoms with Gasteiger partial charge in [0.05, 0.1) is 23.5 Å². The fraction of sp³-hybridized carbons (Fsp3) is 0.450. The third-order valence-electron chi connectivity index (χ3n) is 4.34. The van der Waals surface area contributed by atoms with Crippen LogP contribution in [0.5, 0.6) is 0 Å². The minimum Gasteiger partial charge on any atom is -0.464 e. The number of rotatable bonds is 7. The molecule has 0 saturated carbocycles. The van der Waals surface area contributed by atoms with Crippen molar-refractivity contribution >= 4 is 16.0 Å². The normalized spacial score (nSPS) is 12.2. The molecular weight excluding hydrogens is 410 g/mol. The van der Waals surface area contributed by atoms with Gasteiger partial charge < -0.3 is 4.74 Å². The summed E-state index contributed by atoms with van der Waals surface area (Å²) in [4.78, 5) is 38.0. The number of nitrogens with one attached hydrogen (secondary N) is 1. The van der Waals surface area contributed by atoms with Crippen molar-refractivity contribution in [2.75, 3.05) is 13.2 Å². The lowest BCUT2D eigenvalue weighted by Gasteiger charge is -2.24. The number of nitrogens with zero attached hydrogens (tertiary/aromatic N) is 2. The molecule has 1 heterocycles. The Bertz CT molecular complexity index is 1120. The van der Waals surface area contributed by atoms with Crippen LogP contribution in [0.3, 0.4) is 0 Å². The van der Waals surface area contributed by atoms with E-state index in [1.165, 1.54) is 25.3 Å². The van der Waals surface area contributed by atoms with E-state index in [0.29, 0.717) is 0 Å². The van der Waals surface area contributed by atoms with Crippen LogP contribution in [0.25, 0.3) is 0 Å². The fourth-order valence-corrected chi connectivity index (χ4v) is 3.85. The molecule has 2 aromatic rings. The third-order valence-corrected chi connectivity index (χ3v) is 6.19. The van der Waals surface area contributed by atoms with E-state index in [1.54, 1.807) is 32.9 Å². The number of aromatic nitrogens is 2. The van der Waals surface area contributed by atoms with Crippen LogP contribution in [0.2, 0.25) is 0 Å². The molecule has 0 aliphatic heterocycles. The summed E-state index contributed by atoms with van der Waals surface area (Å²) in [6, 6.07) is 6.28. The zero-order valence-corrected chi connectivity index (χ0v) is 18.6. The van der Waals surface area contributed by atoms with Gasteiger partial charge in [-0.05, 0) is 46.8 Å². The Labute approximate surface area is 175 Å². The van der Waals surface area contributed by atoms with Gasteiger partial charge in [-0.2, -0.15) is 4.31 Å². The van der Waals surface area contributed by atoms with Gasteiger partial charge in [0.25, 0.3) is 5.56 Å². The zero-order chi connectivity index (χ0) is 22.7. The standard InChI is InChI=1S/C20H27N3O6S/c1-14-6-8-16(9-7-14)30(27,28)23(10-11-29-18(25)20(3,4)5)13-22-12-15(2)17(24)21-19(22)26/h6-9,12H,10-11,13H2,1-5H3,(H,21,24,26). The average Bonchev–Trinajstić information content (AvgIpc) is 2.64. The molecule has 0 fully saturated rings. The predicted molar refractivity (Wildman–Crippen MR) is 112 cm³/mol. The van der Waals surface area contributed by atoms with Gasteiger partial charge in [-0.1, -0.05) is 17.7 Å². The van der Waals surface area contributed by atoms with Crippen molar-refractivity contribution in [2.45, 2.75) is 46.2 Å². The van der Waals surface area contributed by atoms with Crippen LogP contribution in [0.1, 0.15) is 31.9 Å². The first-order chi connectivity index (χ1) is 13.8. The molecule has 0 aliphatic rings. The molecule has 2 rings (SSSR count). The van der Waals surface area contributed by atoms with Gasteiger partial charge >= 0.3 is 11.7 Å². The second-order valence-electron chi connectivity index (χ2n) is 8.06. The highest BCUT2D eigenvalue weighted by molar-refractivity contribution is 7.89. The number of carbonyl (C=O) groups excluding carboxylic acids is 1. The Morgan fingerprint density at radius 3 is 2.30 bits per heavy atom. The number of H-pyrrole nitrogens is 1. The van der Waals surface area contributed by atoms with E-state index in [1.807, 2.05) is 6.92 Å². The minimum atomic E-state index is -4.00. The van der Waals surface area contributed by atoms with Gasteiger partial charge in [-0.15, -0.1) is 0 Å². The number of hydrogen-bond donors (Lipinski definition) is 1.